The summed E-state index contributed by atoms with van der Waals surface area (Å²) in [5, 5.41) is 16.9. The summed E-state index contributed by atoms with van der Waals surface area (Å²) in [5.41, 5.74) is -0.235. The van der Waals surface area contributed by atoms with Gasteiger partial charge in [-0.25, -0.2) is 4.79 Å². The molecule has 0 saturated carbocycles. The summed E-state index contributed by atoms with van der Waals surface area (Å²) < 4.78 is 1.86. The van der Waals surface area contributed by atoms with Crippen LogP contribution < -0.4 is 5.32 Å². The van der Waals surface area contributed by atoms with Crippen LogP contribution in [0.5, 0.6) is 0 Å². The molecule has 0 spiro atoms. The topological polar surface area (TPSA) is 73.6 Å². The van der Waals surface area contributed by atoms with E-state index in [0.29, 0.717) is 5.69 Å². The van der Waals surface area contributed by atoms with Gasteiger partial charge in [0, 0.05) is 19.8 Å². The van der Waals surface area contributed by atoms with E-state index in [1.165, 1.54) is 37.3 Å². The van der Waals surface area contributed by atoms with Crippen molar-refractivity contribution in [2.24, 2.45) is 0 Å². The van der Waals surface area contributed by atoms with E-state index >= 15 is 0 Å². The Morgan fingerprint density at radius 3 is 2.70 bits per heavy atom. The molecule has 0 unspecified atom stereocenters. The molecule has 7 heteroatoms. The minimum Gasteiger partial charge on any atom is -0.389 e. The number of likely N-dealkylation sites (N-methyl/N-ethyl adjacent to an activating group) is 1. The number of carbonyl (C=O) groups excluding carboxylic acids is 1. The van der Waals surface area contributed by atoms with E-state index in [1.807, 2.05) is 10.9 Å². The normalized spacial score (nSPS) is 16.3. The second kappa shape index (κ2) is 7.79. The first-order valence-corrected chi connectivity index (χ1v) is 8.33. The third kappa shape index (κ3) is 6.19. The van der Waals surface area contributed by atoms with Gasteiger partial charge in [-0.3, -0.25) is 4.68 Å². The fourth-order valence-corrected chi connectivity index (χ4v) is 2.85. The number of urea groups is 1. The summed E-state index contributed by atoms with van der Waals surface area (Å²) in [6.07, 6.45) is 7.42. The predicted molar refractivity (Wildman–Crippen MR) is 90.5 cm³/mol. The molecular weight excluding hydrogens is 294 g/mol. The zero-order valence-corrected chi connectivity index (χ0v) is 14.5. The molecule has 0 atom stereocenters. The van der Waals surface area contributed by atoms with E-state index in [0.717, 1.165) is 13.1 Å². The molecular formula is C16H29N5O2. The molecule has 1 fully saturated rings. The van der Waals surface area contributed by atoms with Gasteiger partial charge in [-0.05, 0) is 39.8 Å². The molecule has 1 aliphatic heterocycles. The number of nitrogens with zero attached hydrogens (tertiary/aromatic N) is 4. The van der Waals surface area contributed by atoms with Crippen molar-refractivity contribution in [2.45, 2.75) is 45.3 Å². The van der Waals surface area contributed by atoms with Crippen LogP contribution in [-0.2, 0) is 6.54 Å². The van der Waals surface area contributed by atoms with Crippen molar-refractivity contribution in [1.82, 2.24) is 19.6 Å². The van der Waals surface area contributed by atoms with E-state index in [1.54, 1.807) is 27.1 Å². The van der Waals surface area contributed by atoms with Crippen molar-refractivity contribution in [3.8, 4) is 0 Å². The van der Waals surface area contributed by atoms with Crippen molar-refractivity contribution in [3.05, 3.63) is 12.4 Å². The first kappa shape index (κ1) is 17.7. The minimum atomic E-state index is -0.912. The molecule has 2 rings (SSSR count). The molecule has 1 aromatic heterocycles. The molecule has 2 N–H and O–H groups in total. The average molecular weight is 323 g/mol. The van der Waals surface area contributed by atoms with E-state index in [9.17, 15) is 9.90 Å². The number of piperidine rings is 1. The highest BCUT2D eigenvalue weighted by Crippen LogP contribution is 2.10. The molecule has 0 aromatic carbocycles. The van der Waals surface area contributed by atoms with Crippen LogP contribution in [0.1, 0.15) is 33.1 Å². The van der Waals surface area contributed by atoms with Crippen LogP contribution in [0.25, 0.3) is 0 Å². The lowest BCUT2D eigenvalue weighted by Crippen LogP contribution is -2.41. The SMILES string of the molecule is CN(CC(C)(C)O)C(=O)Nc1cnn(CCN2CCCCC2)c1. The Labute approximate surface area is 138 Å². The van der Waals surface area contributed by atoms with Gasteiger partial charge >= 0.3 is 6.03 Å². The first-order valence-electron chi connectivity index (χ1n) is 8.33. The smallest absolute Gasteiger partial charge is 0.321 e. The number of hydrogen-bond donors (Lipinski definition) is 2. The number of hydrogen-bond acceptors (Lipinski definition) is 4. The Morgan fingerprint density at radius 2 is 2.04 bits per heavy atom. The van der Waals surface area contributed by atoms with E-state index in [2.05, 4.69) is 15.3 Å². The number of aliphatic hydroxyl groups is 1. The van der Waals surface area contributed by atoms with Crippen LogP contribution in [0.3, 0.4) is 0 Å². The van der Waals surface area contributed by atoms with Crippen molar-refractivity contribution < 1.29 is 9.90 Å². The lowest BCUT2D eigenvalue weighted by Gasteiger charge is -2.26. The summed E-state index contributed by atoms with van der Waals surface area (Å²) in [4.78, 5) is 16.0. The van der Waals surface area contributed by atoms with Gasteiger partial charge in [0.2, 0.25) is 0 Å². The number of anilines is 1. The molecule has 0 radical (unpaired) electrons. The average Bonchev–Trinajstić information content (AvgIpc) is 2.92. The van der Waals surface area contributed by atoms with Gasteiger partial charge in [0.05, 0.1) is 30.6 Å². The number of carbonyl (C=O) groups is 1. The third-order valence-electron chi connectivity index (χ3n) is 3.95. The largest absolute Gasteiger partial charge is 0.389 e. The molecule has 1 saturated heterocycles. The fourth-order valence-electron chi connectivity index (χ4n) is 2.85. The highest BCUT2D eigenvalue weighted by atomic mass is 16.3. The molecule has 23 heavy (non-hydrogen) atoms. The quantitative estimate of drug-likeness (QED) is 0.834. The summed E-state index contributed by atoms with van der Waals surface area (Å²) in [5.74, 6) is 0. The zero-order valence-electron chi connectivity index (χ0n) is 14.5. The predicted octanol–water partition coefficient (Wildman–Crippen LogP) is 1.60. The third-order valence-corrected chi connectivity index (χ3v) is 3.95. The molecule has 0 bridgehead atoms. The van der Waals surface area contributed by atoms with E-state index < -0.39 is 5.60 Å². The van der Waals surface area contributed by atoms with Gasteiger partial charge in [-0.1, -0.05) is 6.42 Å². The molecule has 2 amide bonds. The van der Waals surface area contributed by atoms with Crippen LogP contribution in [0.15, 0.2) is 12.4 Å². The molecule has 1 aliphatic rings. The zero-order chi connectivity index (χ0) is 16.9. The molecule has 0 aliphatic carbocycles. The fraction of sp³-hybridized carbons (Fsp3) is 0.750. The Hall–Kier alpha value is -1.60. The minimum absolute atomic E-state index is 0.247. The van der Waals surface area contributed by atoms with Crippen molar-refractivity contribution >= 4 is 11.7 Å². The van der Waals surface area contributed by atoms with Crippen molar-refractivity contribution in [3.63, 3.8) is 0 Å². The molecule has 7 nitrogen and oxygen atoms in total. The van der Waals surface area contributed by atoms with Gasteiger partial charge < -0.3 is 20.2 Å². The van der Waals surface area contributed by atoms with E-state index in [-0.39, 0.29) is 12.6 Å². The molecule has 130 valence electrons. The number of amides is 2. The van der Waals surface area contributed by atoms with E-state index in [4.69, 9.17) is 0 Å². The number of nitrogens with one attached hydrogen (secondary N) is 1. The summed E-state index contributed by atoms with van der Waals surface area (Å²) in [7, 11) is 1.66. The Bertz CT molecular complexity index is 503. The van der Waals surface area contributed by atoms with Gasteiger partial charge in [0.1, 0.15) is 0 Å². The van der Waals surface area contributed by atoms with Crippen LogP contribution in [0.4, 0.5) is 10.5 Å². The monoisotopic (exact) mass is 323 g/mol. The van der Waals surface area contributed by atoms with Crippen LogP contribution in [-0.4, -0.2) is 69.5 Å². The standard InChI is InChI=1S/C16H29N5O2/c1-16(2,23)13-19(3)15(22)18-14-11-17-21(12-14)10-9-20-7-5-4-6-8-20/h11-12,23H,4-10,13H2,1-3H3,(H,18,22). The summed E-state index contributed by atoms with van der Waals surface area (Å²) >= 11 is 0. The van der Waals surface area contributed by atoms with Crippen LogP contribution in [0, 0.1) is 0 Å². The number of likely N-dealkylation sites (tertiary alicyclic amines) is 1. The molecule has 1 aromatic rings. The Morgan fingerprint density at radius 1 is 1.35 bits per heavy atom. The number of rotatable bonds is 6. The van der Waals surface area contributed by atoms with Gasteiger partial charge in [-0.2, -0.15) is 5.10 Å². The van der Waals surface area contributed by atoms with Crippen molar-refractivity contribution in [2.75, 3.05) is 38.5 Å². The summed E-state index contributed by atoms with van der Waals surface area (Å²) in [6.45, 7) is 7.79. The highest BCUT2D eigenvalue weighted by Gasteiger charge is 2.19. The lowest BCUT2D eigenvalue weighted by molar-refractivity contribution is 0.0550. The first-order chi connectivity index (χ1) is 10.8. The van der Waals surface area contributed by atoms with Gasteiger partial charge in [0.25, 0.3) is 0 Å². The Kier molecular flexibility index (Phi) is 6.01. The maximum Gasteiger partial charge on any atom is 0.321 e. The second-order valence-corrected chi connectivity index (χ2v) is 6.99. The Balaban J connectivity index is 1.78. The lowest BCUT2D eigenvalue weighted by atomic mass is 10.1. The molecule has 2 heterocycles. The van der Waals surface area contributed by atoms with Crippen LogP contribution >= 0.6 is 0 Å². The van der Waals surface area contributed by atoms with Gasteiger partial charge in [-0.15, -0.1) is 0 Å². The maximum absolute atomic E-state index is 12.1. The van der Waals surface area contributed by atoms with Gasteiger partial charge in [0.15, 0.2) is 0 Å². The van der Waals surface area contributed by atoms with Crippen molar-refractivity contribution in [1.29, 1.82) is 0 Å². The number of aromatic nitrogens is 2. The summed E-state index contributed by atoms with van der Waals surface area (Å²) in [6, 6.07) is -0.247. The van der Waals surface area contributed by atoms with Crippen LogP contribution in [0.2, 0.25) is 0 Å². The highest BCUT2D eigenvalue weighted by molar-refractivity contribution is 5.88. The second-order valence-electron chi connectivity index (χ2n) is 6.99. The maximum atomic E-state index is 12.1.